The van der Waals surface area contributed by atoms with Gasteiger partial charge in [-0.1, -0.05) is 17.3 Å². The van der Waals surface area contributed by atoms with Crippen LogP contribution in [0.4, 0.5) is 0 Å². The highest BCUT2D eigenvalue weighted by molar-refractivity contribution is 5.94. The van der Waals surface area contributed by atoms with Gasteiger partial charge >= 0.3 is 0 Å². The molecule has 6 nitrogen and oxygen atoms in total. The highest BCUT2D eigenvalue weighted by Gasteiger charge is 2.26. The molecule has 3 heterocycles. The van der Waals surface area contributed by atoms with Crippen molar-refractivity contribution < 1.29 is 14.1 Å². The molecule has 0 fully saturated rings. The maximum absolute atomic E-state index is 12.4. The maximum atomic E-state index is 12.4. The van der Waals surface area contributed by atoms with Gasteiger partial charge < -0.3 is 14.6 Å². The van der Waals surface area contributed by atoms with E-state index in [1.54, 1.807) is 18.3 Å². The first kappa shape index (κ1) is 15.4. The average molecular weight is 335 g/mol. The van der Waals surface area contributed by atoms with E-state index in [0.717, 1.165) is 34.0 Å². The van der Waals surface area contributed by atoms with Crippen molar-refractivity contribution in [2.24, 2.45) is 0 Å². The number of carbonyl (C=O) groups excluding carboxylic acids is 1. The van der Waals surface area contributed by atoms with Crippen molar-refractivity contribution in [3.05, 3.63) is 65.2 Å². The molecule has 25 heavy (non-hydrogen) atoms. The zero-order valence-electron chi connectivity index (χ0n) is 13.9. The number of amides is 1. The molecule has 0 bridgehead atoms. The quantitative estimate of drug-likeness (QED) is 0.795. The number of ether oxygens (including phenoxy) is 1. The third kappa shape index (κ3) is 2.98. The molecular formula is C19H17N3O3. The van der Waals surface area contributed by atoms with Crippen molar-refractivity contribution in [1.82, 2.24) is 15.5 Å². The van der Waals surface area contributed by atoms with Crippen LogP contribution in [-0.4, -0.2) is 22.7 Å². The van der Waals surface area contributed by atoms with Crippen molar-refractivity contribution in [2.75, 3.05) is 6.61 Å². The first-order valence-electron chi connectivity index (χ1n) is 8.04. The van der Waals surface area contributed by atoms with Crippen LogP contribution in [0.15, 0.2) is 47.1 Å². The number of rotatable bonds is 3. The number of carbonyl (C=O) groups is 1. The minimum atomic E-state index is -0.177. The Labute approximate surface area is 144 Å². The normalized spacial score (nSPS) is 15.5. The molecule has 2 aromatic heterocycles. The molecule has 1 unspecified atom stereocenters. The predicted molar refractivity (Wildman–Crippen MR) is 91.4 cm³/mol. The van der Waals surface area contributed by atoms with Crippen LogP contribution in [0.2, 0.25) is 0 Å². The molecule has 1 amide bonds. The first-order chi connectivity index (χ1) is 12.1. The number of aromatic nitrogens is 2. The number of nitrogens with one attached hydrogen (secondary N) is 1. The van der Waals surface area contributed by atoms with E-state index in [0.29, 0.717) is 12.2 Å². The van der Waals surface area contributed by atoms with Crippen molar-refractivity contribution in [1.29, 1.82) is 0 Å². The molecular weight excluding hydrogens is 318 g/mol. The van der Waals surface area contributed by atoms with Crippen LogP contribution >= 0.6 is 0 Å². The second-order valence-electron chi connectivity index (χ2n) is 6.10. The Kier molecular flexibility index (Phi) is 3.72. The number of aryl methyl sites for hydroxylation is 2. The molecule has 0 radical (unpaired) electrons. The monoisotopic (exact) mass is 335 g/mol. The molecule has 0 saturated heterocycles. The van der Waals surface area contributed by atoms with Gasteiger partial charge in [0.1, 0.15) is 23.8 Å². The summed E-state index contributed by atoms with van der Waals surface area (Å²) < 4.78 is 10.9. The second-order valence-corrected chi connectivity index (χ2v) is 6.10. The third-order valence-electron chi connectivity index (χ3n) is 4.18. The van der Waals surface area contributed by atoms with E-state index < -0.39 is 0 Å². The molecule has 1 atom stereocenters. The molecule has 1 aliphatic heterocycles. The molecule has 3 aromatic rings. The largest absolute Gasteiger partial charge is 0.491 e. The molecule has 4 rings (SSSR count). The standard InChI is InChI=1S/C19H17N3O3/c1-11-7-14(5-6-20-11)19(23)21-17-10-24-18-9-13(3-4-15(17)18)16-8-12(2)25-22-16/h3-9,17H,10H2,1-2H3,(H,21,23). The zero-order chi connectivity index (χ0) is 17.4. The van der Waals surface area contributed by atoms with Crippen molar-refractivity contribution in [3.63, 3.8) is 0 Å². The molecule has 0 spiro atoms. The Hall–Kier alpha value is -3.15. The second kappa shape index (κ2) is 6.05. The summed E-state index contributed by atoms with van der Waals surface area (Å²) in [4.78, 5) is 16.5. The Bertz CT molecular complexity index is 949. The highest BCUT2D eigenvalue weighted by atomic mass is 16.5. The van der Waals surface area contributed by atoms with E-state index in [1.165, 1.54) is 0 Å². The fraction of sp³-hybridized carbons (Fsp3) is 0.211. The van der Waals surface area contributed by atoms with Crippen LogP contribution in [0.25, 0.3) is 11.3 Å². The van der Waals surface area contributed by atoms with E-state index in [2.05, 4.69) is 15.5 Å². The Morgan fingerprint density at radius 1 is 1.20 bits per heavy atom. The summed E-state index contributed by atoms with van der Waals surface area (Å²) in [7, 11) is 0. The van der Waals surface area contributed by atoms with Gasteiger partial charge in [0.2, 0.25) is 0 Å². The maximum Gasteiger partial charge on any atom is 0.252 e. The number of fused-ring (bicyclic) bond motifs is 1. The fourth-order valence-corrected chi connectivity index (χ4v) is 2.92. The van der Waals surface area contributed by atoms with Gasteiger partial charge in [0.05, 0.1) is 6.04 Å². The molecule has 0 saturated carbocycles. The van der Waals surface area contributed by atoms with Crippen LogP contribution in [0, 0.1) is 13.8 Å². The van der Waals surface area contributed by atoms with Crippen LogP contribution in [-0.2, 0) is 0 Å². The van der Waals surface area contributed by atoms with E-state index in [4.69, 9.17) is 9.26 Å². The zero-order valence-corrected chi connectivity index (χ0v) is 13.9. The van der Waals surface area contributed by atoms with Gasteiger partial charge in [-0.3, -0.25) is 9.78 Å². The van der Waals surface area contributed by atoms with Gasteiger partial charge in [-0.25, -0.2) is 0 Å². The Balaban J connectivity index is 1.55. The lowest BCUT2D eigenvalue weighted by Crippen LogP contribution is -2.29. The number of benzene rings is 1. The SMILES string of the molecule is Cc1cc(C(=O)NC2COc3cc(-c4cc(C)on4)ccc32)ccn1. The van der Waals surface area contributed by atoms with Crippen LogP contribution in [0.3, 0.4) is 0 Å². The van der Waals surface area contributed by atoms with Gasteiger partial charge in [0, 0.05) is 34.6 Å². The van der Waals surface area contributed by atoms with Gasteiger partial charge in [0.15, 0.2) is 0 Å². The van der Waals surface area contributed by atoms with E-state index in [9.17, 15) is 4.79 Å². The molecule has 6 heteroatoms. The smallest absolute Gasteiger partial charge is 0.252 e. The van der Waals surface area contributed by atoms with Crippen LogP contribution in [0.5, 0.6) is 5.75 Å². The minimum Gasteiger partial charge on any atom is -0.491 e. The lowest BCUT2D eigenvalue weighted by atomic mass is 10.0. The van der Waals surface area contributed by atoms with Crippen LogP contribution < -0.4 is 10.1 Å². The van der Waals surface area contributed by atoms with Crippen molar-refractivity contribution in [3.8, 4) is 17.0 Å². The van der Waals surface area contributed by atoms with Crippen LogP contribution in [0.1, 0.15) is 33.4 Å². The number of hydrogen-bond acceptors (Lipinski definition) is 5. The summed E-state index contributed by atoms with van der Waals surface area (Å²) in [5.74, 6) is 1.38. The Morgan fingerprint density at radius 2 is 2.08 bits per heavy atom. The number of nitrogens with zero attached hydrogens (tertiary/aromatic N) is 2. The van der Waals surface area contributed by atoms with Crippen molar-refractivity contribution in [2.45, 2.75) is 19.9 Å². The lowest BCUT2D eigenvalue weighted by Gasteiger charge is -2.12. The molecule has 1 N–H and O–H groups in total. The topological polar surface area (TPSA) is 77.2 Å². The van der Waals surface area contributed by atoms with Gasteiger partial charge in [-0.2, -0.15) is 0 Å². The highest BCUT2D eigenvalue weighted by Crippen LogP contribution is 2.35. The van der Waals surface area contributed by atoms with E-state index in [1.807, 2.05) is 38.1 Å². The predicted octanol–water partition coefficient (Wildman–Crippen LogP) is 3.22. The van der Waals surface area contributed by atoms with Gasteiger partial charge in [0.25, 0.3) is 5.91 Å². The summed E-state index contributed by atoms with van der Waals surface area (Å²) >= 11 is 0. The summed E-state index contributed by atoms with van der Waals surface area (Å²) in [6.07, 6.45) is 1.63. The Morgan fingerprint density at radius 3 is 2.84 bits per heavy atom. The molecule has 1 aromatic carbocycles. The number of pyridine rings is 1. The van der Waals surface area contributed by atoms with Gasteiger partial charge in [-0.15, -0.1) is 0 Å². The summed E-state index contributed by atoms with van der Waals surface area (Å²) in [5, 5.41) is 7.04. The van der Waals surface area contributed by atoms with Crippen molar-refractivity contribution >= 4 is 5.91 Å². The fourth-order valence-electron chi connectivity index (χ4n) is 2.92. The van der Waals surface area contributed by atoms with E-state index >= 15 is 0 Å². The molecule has 1 aliphatic rings. The molecule has 126 valence electrons. The minimum absolute atomic E-state index is 0.136. The first-order valence-corrected chi connectivity index (χ1v) is 8.04. The third-order valence-corrected chi connectivity index (χ3v) is 4.18. The summed E-state index contributed by atoms with van der Waals surface area (Å²) in [6, 6.07) is 11.0. The molecule has 0 aliphatic carbocycles. The number of hydrogen-bond donors (Lipinski definition) is 1. The van der Waals surface area contributed by atoms with Gasteiger partial charge in [-0.05, 0) is 32.0 Å². The summed E-state index contributed by atoms with van der Waals surface area (Å²) in [5.41, 5.74) is 4.05. The van der Waals surface area contributed by atoms with E-state index in [-0.39, 0.29) is 11.9 Å². The summed E-state index contributed by atoms with van der Waals surface area (Å²) in [6.45, 7) is 4.12. The lowest BCUT2D eigenvalue weighted by molar-refractivity contribution is 0.0930. The average Bonchev–Trinajstić information content (AvgIpc) is 3.21.